The van der Waals surface area contributed by atoms with E-state index < -0.39 is 0 Å². The van der Waals surface area contributed by atoms with Crippen LogP contribution in [0.4, 0.5) is 34.3 Å². The smallest absolute Gasteiger partial charge is 0.302 e. The van der Waals surface area contributed by atoms with Gasteiger partial charge in [0.25, 0.3) is 0 Å². The number of furan rings is 4. The first-order valence-electron chi connectivity index (χ1n) is 19.2. The first-order chi connectivity index (χ1) is 28.3. The van der Waals surface area contributed by atoms with Gasteiger partial charge in [0.15, 0.2) is 0 Å². The van der Waals surface area contributed by atoms with Crippen molar-refractivity contribution in [1.29, 1.82) is 0 Å². The largest absolute Gasteiger partial charge is 0.468 e. The summed E-state index contributed by atoms with van der Waals surface area (Å²) >= 11 is 0. The summed E-state index contributed by atoms with van der Waals surface area (Å²) in [5.74, 6) is 0.760. The zero-order chi connectivity index (χ0) is 37.2. The van der Waals surface area contributed by atoms with Crippen LogP contribution in [0.3, 0.4) is 0 Å². The number of hydrogen-bond acceptors (Lipinski definition) is 6. The molecule has 0 aliphatic carbocycles. The van der Waals surface area contributed by atoms with Crippen LogP contribution in [-0.2, 0) is 0 Å². The van der Waals surface area contributed by atoms with Crippen molar-refractivity contribution >= 4 is 101 Å². The highest BCUT2D eigenvalue weighted by molar-refractivity contribution is 7.01. The number of nitrogens with zero attached hydrogens (tertiary/aromatic N) is 2. The lowest BCUT2D eigenvalue weighted by molar-refractivity contribution is 0.615. The molecule has 7 heteroatoms. The molecule has 13 rings (SSSR count). The molecule has 7 aromatic carbocycles. The first-order valence-corrected chi connectivity index (χ1v) is 19.2. The molecule has 266 valence electrons. The van der Waals surface area contributed by atoms with Crippen molar-refractivity contribution < 1.29 is 17.7 Å². The fraction of sp³-hybridized carbons (Fsp3) is 0. The molecule has 6 heterocycles. The highest BCUT2D eigenvalue weighted by atomic mass is 16.4. The molecule has 0 amide bonds. The van der Waals surface area contributed by atoms with Gasteiger partial charge in [-0.1, -0.05) is 97.1 Å². The van der Waals surface area contributed by atoms with Gasteiger partial charge in [-0.25, -0.2) is 0 Å². The van der Waals surface area contributed by atoms with Gasteiger partial charge in [0.2, 0.25) is 5.88 Å². The SMILES string of the molecule is c1ccc(-c2c(N3c4cccc5c4B(c4oc6ccccc6c4N5c4ccc5ccoc5c4-c4ccccc4)c4c3oc3ccccc43)ccc3ccoc23)cc1. The topological polar surface area (TPSA) is 59.0 Å². The predicted molar refractivity (Wildman–Crippen MR) is 230 cm³/mol. The number of hydrogen-bond donors (Lipinski definition) is 0. The Bertz CT molecular complexity index is 3390. The van der Waals surface area contributed by atoms with E-state index in [9.17, 15) is 0 Å². The maximum atomic E-state index is 7.13. The molecule has 0 bridgehead atoms. The summed E-state index contributed by atoms with van der Waals surface area (Å²) in [4.78, 5) is 4.70. The van der Waals surface area contributed by atoms with Gasteiger partial charge in [0.1, 0.15) is 22.3 Å². The fourth-order valence-electron chi connectivity index (χ4n) is 9.51. The molecule has 0 atom stereocenters. The van der Waals surface area contributed by atoms with E-state index in [1.165, 1.54) is 0 Å². The summed E-state index contributed by atoms with van der Waals surface area (Å²) in [5, 5.41) is 4.16. The minimum Gasteiger partial charge on any atom is -0.468 e. The minimum atomic E-state index is -0.273. The average Bonchev–Trinajstić information content (AvgIpc) is 4.09. The zero-order valence-corrected chi connectivity index (χ0v) is 30.3. The normalized spacial score (nSPS) is 13.2. The average molecular weight is 733 g/mol. The van der Waals surface area contributed by atoms with E-state index in [1.54, 1.807) is 12.5 Å². The van der Waals surface area contributed by atoms with Crippen LogP contribution in [0, 0.1) is 0 Å². The maximum absolute atomic E-state index is 7.13. The van der Waals surface area contributed by atoms with Gasteiger partial charge in [-0.15, -0.1) is 0 Å². The zero-order valence-electron chi connectivity index (χ0n) is 30.3. The number of benzene rings is 7. The van der Waals surface area contributed by atoms with Gasteiger partial charge in [-0.05, 0) is 83.3 Å². The van der Waals surface area contributed by atoms with Crippen LogP contribution in [-0.4, -0.2) is 6.71 Å². The Morgan fingerprint density at radius 3 is 1.60 bits per heavy atom. The summed E-state index contributed by atoms with van der Waals surface area (Å²) in [6.07, 6.45) is 3.55. The van der Waals surface area contributed by atoms with Crippen LogP contribution >= 0.6 is 0 Å². The van der Waals surface area contributed by atoms with Crippen LogP contribution in [0.2, 0.25) is 0 Å². The molecule has 4 aromatic heterocycles. The Hall–Kier alpha value is -7.64. The number of para-hydroxylation sites is 2. The second kappa shape index (κ2) is 11.4. The number of anilines is 6. The molecule has 0 unspecified atom stereocenters. The van der Waals surface area contributed by atoms with Crippen molar-refractivity contribution in [3.8, 4) is 22.3 Å². The third-order valence-electron chi connectivity index (χ3n) is 11.8. The van der Waals surface area contributed by atoms with E-state index in [-0.39, 0.29) is 6.71 Å². The molecule has 11 aromatic rings. The van der Waals surface area contributed by atoms with E-state index >= 15 is 0 Å². The van der Waals surface area contributed by atoms with Crippen LogP contribution in [0.5, 0.6) is 0 Å². The fourth-order valence-corrected chi connectivity index (χ4v) is 9.51. The second-order valence-electron chi connectivity index (χ2n) is 14.8. The predicted octanol–water partition coefficient (Wildman–Crippen LogP) is 12.1. The second-order valence-corrected chi connectivity index (χ2v) is 14.8. The van der Waals surface area contributed by atoms with Gasteiger partial charge < -0.3 is 22.6 Å². The Balaban J connectivity index is 1.18. The Morgan fingerprint density at radius 2 is 0.947 bits per heavy atom. The van der Waals surface area contributed by atoms with E-state index in [4.69, 9.17) is 17.7 Å². The van der Waals surface area contributed by atoms with Gasteiger partial charge >= 0.3 is 6.71 Å². The highest BCUT2D eigenvalue weighted by Crippen LogP contribution is 2.52. The molecule has 0 fully saturated rings. The summed E-state index contributed by atoms with van der Waals surface area (Å²) in [6.45, 7) is -0.273. The summed E-state index contributed by atoms with van der Waals surface area (Å²) in [7, 11) is 0. The van der Waals surface area contributed by atoms with Crippen molar-refractivity contribution in [3.63, 3.8) is 0 Å². The Morgan fingerprint density at radius 1 is 0.404 bits per heavy atom. The van der Waals surface area contributed by atoms with E-state index in [0.717, 1.165) is 117 Å². The molecule has 0 spiro atoms. The van der Waals surface area contributed by atoms with Crippen LogP contribution in [0.25, 0.3) is 66.1 Å². The van der Waals surface area contributed by atoms with Crippen molar-refractivity contribution in [1.82, 2.24) is 0 Å². The Kier molecular flexibility index (Phi) is 6.16. The molecule has 57 heavy (non-hydrogen) atoms. The Labute approximate surface area is 326 Å². The molecule has 2 aliphatic rings. The molecular formula is C50H29BN2O4. The number of fused-ring (bicyclic) bond motifs is 10. The summed E-state index contributed by atoms with van der Waals surface area (Å²) in [5.41, 5.74) is 15.5. The lowest BCUT2D eigenvalue weighted by Gasteiger charge is -2.41. The molecular weight excluding hydrogens is 703 g/mol. The van der Waals surface area contributed by atoms with Gasteiger partial charge in [0, 0.05) is 49.5 Å². The van der Waals surface area contributed by atoms with Gasteiger partial charge in [0.05, 0.1) is 35.2 Å². The highest BCUT2D eigenvalue weighted by Gasteiger charge is 2.49. The lowest BCUT2D eigenvalue weighted by Crippen LogP contribution is -2.60. The van der Waals surface area contributed by atoms with Crippen LogP contribution < -0.4 is 26.4 Å². The van der Waals surface area contributed by atoms with E-state index in [0.29, 0.717) is 0 Å². The quantitative estimate of drug-likeness (QED) is 0.168. The minimum absolute atomic E-state index is 0.273. The van der Waals surface area contributed by atoms with Crippen LogP contribution in [0.1, 0.15) is 0 Å². The summed E-state index contributed by atoms with van der Waals surface area (Å²) < 4.78 is 26.8. The van der Waals surface area contributed by atoms with E-state index in [1.807, 2.05) is 30.3 Å². The lowest BCUT2D eigenvalue weighted by atomic mass is 9.35. The third-order valence-corrected chi connectivity index (χ3v) is 11.8. The van der Waals surface area contributed by atoms with Crippen molar-refractivity contribution in [2.24, 2.45) is 0 Å². The van der Waals surface area contributed by atoms with Crippen molar-refractivity contribution in [3.05, 3.63) is 176 Å². The molecule has 0 radical (unpaired) electrons. The standard InChI is InChI=1S/C50H29BN2O4/c1-3-12-30(13-4-1)42-36(24-22-32-26-28-54-47(32)42)52-38-18-11-19-39-45(38)51(49-46(52)35-17-8-10-21-41(35)56-49)44-34-16-7-9-20-40(34)57-50(44)53(39)37-25-23-33-27-29-55-48(33)43(37)31-14-5-2-6-15-31/h1-29H. The van der Waals surface area contributed by atoms with Gasteiger partial charge in [-0.2, -0.15) is 0 Å². The van der Waals surface area contributed by atoms with E-state index in [2.05, 4.69) is 143 Å². The molecule has 2 aliphatic heterocycles. The number of rotatable bonds is 4. The third kappa shape index (κ3) is 4.15. The molecule has 0 N–H and O–H groups in total. The molecule has 6 nitrogen and oxygen atoms in total. The van der Waals surface area contributed by atoms with Crippen molar-refractivity contribution in [2.75, 3.05) is 9.80 Å². The van der Waals surface area contributed by atoms with Crippen molar-refractivity contribution in [2.45, 2.75) is 0 Å². The van der Waals surface area contributed by atoms with Crippen LogP contribution in [0.15, 0.2) is 194 Å². The molecule has 0 saturated carbocycles. The van der Waals surface area contributed by atoms with Gasteiger partial charge in [-0.3, -0.25) is 4.90 Å². The monoisotopic (exact) mass is 732 g/mol. The maximum Gasteiger partial charge on any atom is 0.302 e. The summed E-state index contributed by atoms with van der Waals surface area (Å²) in [6, 6.07) is 57.1. The molecule has 0 saturated heterocycles. The first kappa shape index (κ1) is 30.7.